The van der Waals surface area contributed by atoms with Crippen LogP contribution in [-0.4, -0.2) is 90.8 Å². The first-order valence-electron chi connectivity index (χ1n) is 11.5. The standard InChI is InChI=1S/C24H33FN4O3/c1-4-27-14-11-24(21(27)31)17-29(22(32)26(2)3)16-23(24)9-12-28(13-10-23)20(30)15-18-5-7-19(25)8-6-18/h5-8H,4,9-17H2,1-3H3/t24-/m1/s1. The summed E-state index contributed by atoms with van der Waals surface area (Å²) < 4.78 is 13.2. The first kappa shape index (κ1) is 22.6. The molecule has 3 saturated heterocycles. The minimum Gasteiger partial charge on any atom is -0.342 e. The van der Waals surface area contributed by atoms with Gasteiger partial charge in [0, 0.05) is 58.8 Å². The topological polar surface area (TPSA) is 64.2 Å². The fraction of sp³-hybridized carbons (Fsp3) is 0.625. The van der Waals surface area contributed by atoms with E-state index in [1.165, 1.54) is 12.1 Å². The number of nitrogens with zero attached hydrogens (tertiary/aromatic N) is 4. The molecule has 1 aromatic carbocycles. The molecule has 0 N–H and O–H groups in total. The third-order valence-electron chi connectivity index (χ3n) is 7.85. The Morgan fingerprint density at radius 1 is 1.00 bits per heavy atom. The molecule has 32 heavy (non-hydrogen) atoms. The molecule has 3 aliphatic rings. The molecule has 2 spiro atoms. The van der Waals surface area contributed by atoms with Crippen molar-refractivity contribution >= 4 is 17.8 Å². The van der Waals surface area contributed by atoms with E-state index in [2.05, 4.69) is 0 Å². The maximum atomic E-state index is 13.5. The van der Waals surface area contributed by atoms with E-state index in [1.54, 1.807) is 31.1 Å². The Labute approximate surface area is 189 Å². The lowest BCUT2D eigenvalue weighted by Crippen LogP contribution is -2.53. The van der Waals surface area contributed by atoms with Crippen LogP contribution in [0.4, 0.5) is 9.18 Å². The van der Waals surface area contributed by atoms with Crippen LogP contribution in [-0.2, 0) is 16.0 Å². The van der Waals surface area contributed by atoms with Crippen molar-refractivity contribution in [3.05, 3.63) is 35.6 Å². The predicted octanol–water partition coefficient (Wildman–Crippen LogP) is 2.21. The van der Waals surface area contributed by atoms with Crippen LogP contribution in [0.2, 0.25) is 0 Å². The number of rotatable bonds is 3. The number of urea groups is 1. The second-order valence-corrected chi connectivity index (χ2v) is 9.71. The largest absolute Gasteiger partial charge is 0.342 e. The molecule has 0 radical (unpaired) electrons. The van der Waals surface area contributed by atoms with Gasteiger partial charge in [-0.2, -0.15) is 0 Å². The van der Waals surface area contributed by atoms with Gasteiger partial charge in [-0.05, 0) is 43.9 Å². The molecule has 174 valence electrons. The Bertz CT molecular complexity index is 895. The van der Waals surface area contributed by atoms with Gasteiger partial charge in [-0.1, -0.05) is 12.1 Å². The van der Waals surface area contributed by atoms with Crippen molar-refractivity contribution in [2.24, 2.45) is 10.8 Å². The third kappa shape index (κ3) is 3.63. The number of hydrogen-bond donors (Lipinski definition) is 0. The van der Waals surface area contributed by atoms with Gasteiger partial charge in [0.1, 0.15) is 5.82 Å². The highest BCUT2D eigenvalue weighted by Crippen LogP contribution is 2.58. The average molecular weight is 445 g/mol. The van der Waals surface area contributed by atoms with Crippen molar-refractivity contribution in [3.8, 4) is 0 Å². The van der Waals surface area contributed by atoms with Crippen molar-refractivity contribution in [3.63, 3.8) is 0 Å². The maximum Gasteiger partial charge on any atom is 0.319 e. The van der Waals surface area contributed by atoms with Gasteiger partial charge in [-0.25, -0.2) is 9.18 Å². The summed E-state index contributed by atoms with van der Waals surface area (Å²) in [5.41, 5.74) is -0.0612. The fourth-order valence-electron chi connectivity index (χ4n) is 5.97. The van der Waals surface area contributed by atoms with E-state index in [0.29, 0.717) is 45.6 Å². The molecule has 8 heteroatoms. The van der Waals surface area contributed by atoms with Crippen LogP contribution in [0.3, 0.4) is 0 Å². The molecule has 0 unspecified atom stereocenters. The number of carbonyl (C=O) groups excluding carboxylic acids is 3. The summed E-state index contributed by atoms with van der Waals surface area (Å²) in [4.78, 5) is 46.4. The number of carbonyl (C=O) groups is 3. The molecule has 0 saturated carbocycles. The molecule has 7 nitrogen and oxygen atoms in total. The molecule has 0 aliphatic carbocycles. The Balaban J connectivity index is 1.51. The SMILES string of the molecule is CCN1CC[C@@]2(CN(C(=O)N(C)C)CC23CCN(C(=O)Cc2ccc(F)cc2)CC3)C1=O. The van der Waals surface area contributed by atoms with Crippen LogP contribution in [0.25, 0.3) is 0 Å². The molecule has 1 atom stereocenters. The number of benzene rings is 1. The second kappa shape index (κ2) is 8.37. The molecule has 4 amide bonds. The Kier molecular flexibility index (Phi) is 5.90. The van der Waals surface area contributed by atoms with Crippen LogP contribution < -0.4 is 0 Å². The minimum absolute atomic E-state index is 0.0210. The quantitative estimate of drug-likeness (QED) is 0.718. The van der Waals surface area contributed by atoms with Gasteiger partial charge < -0.3 is 19.6 Å². The molecular weight excluding hydrogens is 411 g/mol. The van der Waals surface area contributed by atoms with Crippen molar-refractivity contribution in [2.75, 3.05) is 53.4 Å². The maximum absolute atomic E-state index is 13.5. The van der Waals surface area contributed by atoms with Crippen LogP contribution in [0.1, 0.15) is 31.7 Å². The summed E-state index contributed by atoms with van der Waals surface area (Å²) >= 11 is 0. The predicted molar refractivity (Wildman–Crippen MR) is 118 cm³/mol. The molecule has 3 fully saturated rings. The highest BCUT2D eigenvalue weighted by Gasteiger charge is 2.65. The molecule has 3 aliphatic heterocycles. The zero-order chi connectivity index (χ0) is 23.1. The van der Waals surface area contributed by atoms with Gasteiger partial charge in [0.15, 0.2) is 0 Å². The van der Waals surface area contributed by atoms with E-state index in [0.717, 1.165) is 18.5 Å². The van der Waals surface area contributed by atoms with E-state index in [1.807, 2.05) is 21.6 Å². The van der Waals surface area contributed by atoms with Gasteiger partial charge in [0.2, 0.25) is 11.8 Å². The number of halogens is 1. The molecule has 0 bridgehead atoms. The Hall–Kier alpha value is -2.64. The summed E-state index contributed by atoms with van der Waals surface area (Å²) in [6.45, 7) is 5.58. The van der Waals surface area contributed by atoms with Crippen LogP contribution in [0.5, 0.6) is 0 Å². The van der Waals surface area contributed by atoms with Crippen molar-refractivity contribution in [2.45, 2.75) is 32.6 Å². The summed E-state index contributed by atoms with van der Waals surface area (Å²) in [5, 5.41) is 0. The second-order valence-electron chi connectivity index (χ2n) is 9.71. The van der Waals surface area contributed by atoms with E-state index in [4.69, 9.17) is 0 Å². The van der Waals surface area contributed by atoms with E-state index >= 15 is 0 Å². The zero-order valence-corrected chi connectivity index (χ0v) is 19.3. The van der Waals surface area contributed by atoms with Gasteiger partial charge >= 0.3 is 6.03 Å². The molecular formula is C24H33FN4O3. The first-order chi connectivity index (χ1) is 15.2. The summed E-state index contributed by atoms with van der Waals surface area (Å²) in [5.74, 6) is -0.125. The number of likely N-dealkylation sites (tertiary alicyclic amines) is 3. The number of amides is 4. The monoisotopic (exact) mass is 444 g/mol. The normalized spacial score (nSPS) is 24.6. The summed E-state index contributed by atoms with van der Waals surface area (Å²) in [6, 6.07) is 5.98. The van der Waals surface area contributed by atoms with Gasteiger partial charge in [0.25, 0.3) is 0 Å². The Morgan fingerprint density at radius 3 is 2.22 bits per heavy atom. The highest BCUT2D eigenvalue weighted by atomic mass is 19.1. The molecule has 4 rings (SSSR count). The lowest BCUT2D eigenvalue weighted by atomic mass is 9.60. The van der Waals surface area contributed by atoms with Gasteiger partial charge in [-0.15, -0.1) is 0 Å². The van der Waals surface area contributed by atoms with E-state index < -0.39 is 5.41 Å². The van der Waals surface area contributed by atoms with Crippen LogP contribution >= 0.6 is 0 Å². The Morgan fingerprint density at radius 2 is 1.66 bits per heavy atom. The fourth-order valence-corrected chi connectivity index (χ4v) is 5.97. The molecule has 1 aromatic rings. The van der Waals surface area contributed by atoms with Crippen LogP contribution in [0.15, 0.2) is 24.3 Å². The lowest BCUT2D eigenvalue weighted by Gasteiger charge is -2.46. The van der Waals surface area contributed by atoms with Crippen molar-refractivity contribution in [1.82, 2.24) is 19.6 Å². The molecule has 0 aromatic heterocycles. The number of hydrogen-bond acceptors (Lipinski definition) is 3. The smallest absolute Gasteiger partial charge is 0.319 e. The number of piperidine rings is 1. The summed E-state index contributed by atoms with van der Waals surface area (Å²) in [7, 11) is 3.48. The number of fused-ring (bicyclic) bond motifs is 1. The van der Waals surface area contributed by atoms with Crippen LogP contribution in [0, 0.1) is 16.6 Å². The molecule has 3 heterocycles. The average Bonchev–Trinajstić information content (AvgIpc) is 3.27. The highest BCUT2D eigenvalue weighted by molar-refractivity contribution is 5.88. The lowest BCUT2D eigenvalue weighted by molar-refractivity contribution is -0.143. The van der Waals surface area contributed by atoms with E-state index in [9.17, 15) is 18.8 Å². The summed E-state index contributed by atoms with van der Waals surface area (Å²) in [6.07, 6.45) is 2.43. The van der Waals surface area contributed by atoms with Gasteiger partial charge in [-0.3, -0.25) is 9.59 Å². The van der Waals surface area contributed by atoms with Gasteiger partial charge in [0.05, 0.1) is 11.8 Å². The minimum atomic E-state index is -0.555. The van der Waals surface area contributed by atoms with Crippen molar-refractivity contribution < 1.29 is 18.8 Å². The zero-order valence-electron chi connectivity index (χ0n) is 19.3. The van der Waals surface area contributed by atoms with E-state index in [-0.39, 0.29) is 35.5 Å². The third-order valence-corrected chi connectivity index (χ3v) is 7.85. The first-order valence-corrected chi connectivity index (χ1v) is 11.5. The van der Waals surface area contributed by atoms with Crippen molar-refractivity contribution in [1.29, 1.82) is 0 Å².